The first kappa shape index (κ1) is 30.1. The highest BCUT2D eigenvalue weighted by atomic mass is 19.2. The van der Waals surface area contributed by atoms with Gasteiger partial charge in [0.15, 0.2) is 11.5 Å². The molecule has 40 heavy (non-hydrogen) atoms. The highest BCUT2D eigenvalue weighted by Gasteiger charge is 2.39. The van der Waals surface area contributed by atoms with Crippen molar-refractivity contribution in [2.45, 2.75) is 129 Å². The molecule has 4 saturated carbocycles. The van der Waals surface area contributed by atoms with Crippen molar-refractivity contribution in [1.29, 1.82) is 0 Å². The molecule has 4 heteroatoms. The molecule has 0 heterocycles. The van der Waals surface area contributed by atoms with E-state index in [1.54, 1.807) is 6.92 Å². The minimum absolute atomic E-state index is 0.0155. The number of ether oxygens (including phenoxy) is 2. The third kappa shape index (κ3) is 7.74. The van der Waals surface area contributed by atoms with Gasteiger partial charge in [-0.25, -0.2) is 0 Å². The average Bonchev–Trinajstić information content (AvgIpc) is 2.99. The van der Waals surface area contributed by atoms with Gasteiger partial charge in [-0.1, -0.05) is 71.1 Å². The number of rotatable bonds is 11. The van der Waals surface area contributed by atoms with Crippen molar-refractivity contribution in [2.75, 3.05) is 13.2 Å². The first-order chi connectivity index (χ1) is 19.5. The van der Waals surface area contributed by atoms with Gasteiger partial charge >= 0.3 is 0 Å². The van der Waals surface area contributed by atoms with Crippen LogP contribution >= 0.6 is 0 Å². The molecular formula is C36H56F2O2. The highest BCUT2D eigenvalue weighted by molar-refractivity contribution is 5.35. The van der Waals surface area contributed by atoms with E-state index in [1.807, 2.05) is 0 Å². The molecule has 0 aromatic heterocycles. The molecule has 226 valence electrons. The first-order valence-electron chi connectivity index (χ1n) is 17.3. The van der Waals surface area contributed by atoms with Gasteiger partial charge in [-0.3, -0.25) is 0 Å². The van der Waals surface area contributed by atoms with Crippen molar-refractivity contribution in [3.05, 3.63) is 23.8 Å². The van der Waals surface area contributed by atoms with Gasteiger partial charge in [0, 0.05) is 0 Å². The Balaban J connectivity index is 0.991. The molecule has 0 amide bonds. The molecule has 0 bridgehead atoms. The number of hydrogen-bond acceptors (Lipinski definition) is 2. The van der Waals surface area contributed by atoms with Gasteiger partial charge in [-0.05, 0) is 118 Å². The number of halogens is 2. The summed E-state index contributed by atoms with van der Waals surface area (Å²) in [5.41, 5.74) is 0. The molecule has 2 nitrogen and oxygen atoms in total. The maximum Gasteiger partial charge on any atom is 0.204 e. The van der Waals surface area contributed by atoms with Crippen molar-refractivity contribution in [3.63, 3.8) is 0 Å². The zero-order valence-electron chi connectivity index (χ0n) is 25.5. The molecule has 4 unspecified atom stereocenters. The summed E-state index contributed by atoms with van der Waals surface area (Å²) in [6.45, 7) is 4.90. The first-order valence-corrected chi connectivity index (χ1v) is 17.3. The van der Waals surface area contributed by atoms with Crippen LogP contribution in [0.15, 0.2) is 12.1 Å². The molecule has 1 aromatic rings. The van der Waals surface area contributed by atoms with Gasteiger partial charge in [-0.2, -0.15) is 8.78 Å². The van der Waals surface area contributed by atoms with Gasteiger partial charge in [-0.15, -0.1) is 0 Å². The molecule has 0 N–H and O–H groups in total. The SMILES string of the molecule is CCCC1CCC(CCC2CCC(C3CCC4CC(COc5ccc(OCC)c(F)c5F)CCC4C3)CC2)CC1. The van der Waals surface area contributed by atoms with E-state index < -0.39 is 11.6 Å². The summed E-state index contributed by atoms with van der Waals surface area (Å²) in [5, 5.41) is 0. The largest absolute Gasteiger partial charge is 0.491 e. The fourth-order valence-electron chi connectivity index (χ4n) is 9.34. The lowest BCUT2D eigenvalue weighted by molar-refractivity contribution is 0.0474. The highest BCUT2D eigenvalue weighted by Crippen LogP contribution is 2.49. The second kappa shape index (κ2) is 14.7. The predicted octanol–water partition coefficient (Wildman–Crippen LogP) is 10.8. The van der Waals surface area contributed by atoms with Gasteiger partial charge in [0.2, 0.25) is 11.6 Å². The van der Waals surface area contributed by atoms with E-state index in [9.17, 15) is 8.78 Å². The summed E-state index contributed by atoms with van der Waals surface area (Å²) in [6.07, 6.45) is 25.6. The topological polar surface area (TPSA) is 18.5 Å². The van der Waals surface area contributed by atoms with E-state index in [4.69, 9.17) is 9.47 Å². The average molecular weight is 559 g/mol. The Bertz CT molecular complexity index is 902. The molecule has 4 atom stereocenters. The van der Waals surface area contributed by atoms with Crippen LogP contribution in [-0.4, -0.2) is 13.2 Å². The molecule has 0 radical (unpaired) electrons. The fourth-order valence-corrected chi connectivity index (χ4v) is 9.34. The van der Waals surface area contributed by atoms with E-state index in [1.165, 1.54) is 121 Å². The van der Waals surface area contributed by atoms with Gasteiger partial charge < -0.3 is 9.47 Å². The molecule has 0 spiro atoms. The van der Waals surface area contributed by atoms with Crippen LogP contribution in [0.2, 0.25) is 0 Å². The Labute approximate surface area is 243 Å². The van der Waals surface area contributed by atoms with E-state index >= 15 is 0 Å². The van der Waals surface area contributed by atoms with Crippen molar-refractivity contribution in [2.24, 2.45) is 47.3 Å². The summed E-state index contributed by atoms with van der Waals surface area (Å²) in [4.78, 5) is 0. The van der Waals surface area contributed by atoms with E-state index in [0.717, 1.165) is 47.8 Å². The lowest BCUT2D eigenvalue weighted by Gasteiger charge is -2.45. The van der Waals surface area contributed by atoms with Crippen LogP contribution < -0.4 is 9.47 Å². The quantitative estimate of drug-likeness (QED) is 0.269. The predicted molar refractivity (Wildman–Crippen MR) is 160 cm³/mol. The fraction of sp³-hybridized carbons (Fsp3) is 0.833. The molecule has 4 aliphatic rings. The van der Waals surface area contributed by atoms with Gasteiger partial charge in [0.1, 0.15) is 0 Å². The molecule has 1 aromatic carbocycles. The van der Waals surface area contributed by atoms with Crippen LogP contribution in [0.5, 0.6) is 11.5 Å². The van der Waals surface area contributed by atoms with Gasteiger partial charge in [0.05, 0.1) is 13.2 Å². The van der Waals surface area contributed by atoms with Crippen LogP contribution in [0.3, 0.4) is 0 Å². The Hall–Kier alpha value is -1.32. The minimum Gasteiger partial charge on any atom is -0.491 e. The summed E-state index contributed by atoms with van der Waals surface area (Å²) in [6, 6.07) is 2.98. The van der Waals surface area contributed by atoms with E-state index in [-0.39, 0.29) is 11.5 Å². The summed E-state index contributed by atoms with van der Waals surface area (Å²) in [5.74, 6) is 5.21. The minimum atomic E-state index is -0.944. The molecule has 0 aliphatic heterocycles. The third-order valence-electron chi connectivity index (χ3n) is 11.8. The molecule has 4 fully saturated rings. The Kier molecular flexibility index (Phi) is 11.1. The maximum atomic E-state index is 14.4. The summed E-state index contributed by atoms with van der Waals surface area (Å²) in [7, 11) is 0. The van der Waals surface area contributed by atoms with Crippen molar-refractivity contribution in [3.8, 4) is 11.5 Å². The third-order valence-corrected chi connectivity index (χ3v) is 11.8. The monoisotopic (exact) mass is 558 g/mol. The van der Waals surface area contributed by atoms with Crippen LogP contribution in [0.4, 0.5) is 8.78 Å². The summed E-state index contributed by atoms with van der Waals surface area (Å²) < 4.78 is 39.6. The second-order valence-electron chi connectivity index (χ2n) is 14.2. The Morgan fingerprint density at radius 3 is 1.60 bits per heavy atom. The zero-order valence-corrected chi connectivity index (χ0v) is 25.5. The van der Waals surface area contributed by atoms with Crippen LogP contribution in [-0.2, 0) is 0 Å². The van der Waals surface area contributed by atoms with Crippen LogP contribution in [0.1, 0.15) is 129 Å². The molecular weight excluding hydrogens is 502 g/mol. The number of benzene rings is 1. The summed E-state index contributed by atoms with van der Waals surface area (Å²) >= 11 is 0. The lowest BCUT2D eigenvalue weighted by atomic mass is 9.61. The van der Waals surface area contributed by atoms with Crippen LogP contribution in [0.25, 0.3) is 0 Å². The zero-order chi connectivity index (χ0) is 27.9. The number of hydrogen-bond donors (Lipinski definition) is 0. The van der Waals surface area contributed by atoms with E-state index in [2.05, 4.69) is 6.92 Å². The standard InChI is InChI=1S/C36H56F2O2/c1-3-5-25-6-8-26(9-7-25)10-11-27-12-15-29(16-13-27)31-19-18-30-22-28(14-17-32(30)23-31)24-40-34-21-20-33(39-4-2)35(37)36(34)38/h20-21,25-32H,3-19,22-24H2,1-2H3. The van der Waals surface area contributed by atoms with Crippen molar-refractivity contribution < 1.29 is 18.3 Å². The molecule has 4 aliphatic carbocycles. The molecule has 5 rings (SSSR count). The van der Waals surface area contributed by atoms with Gasteiger partial charge in [0.25, 0.3) is 0 Å². The Morgan fingerprint density at radius 1 is 0.550 bits per heavy atom. The van der Waals surface area contributed by atoms with Crippen LogP contribution in [0, 0.1) is 59.0 Å². The maximum absolute atomic E-state index is 14.4. The normalized spacial score (nSPS) is 34.7. The van der Waals surface area contributed by atoms with E-state index in [0.29, 0.717) is 19.1 Å². The van der Waals surface area contributed by atoms with Crippen molar-refractivity contribution in [1.82, 2.24) is 0 Å². The Morgan fingerprint density at radius 2 is 1.00 bits per heavy atom. The lowest BCUT2D eigenvalue weighted by Crippen LogP contribution is -2.35. The smallest absolute Gasteiger partial charge is 0.204 e. The number of fused-ring (bicyclic) bond motifs is 1. The molecule has 0 saturated heterocycles. The van der Waals surface area contributed by atoms with Crippen molar-refractivity contribution >= 4 is 0 Å². The second-order valence-corrected chi connectivity index (χ2v) is 14.2.